The van der Waals surface area contributed by atoms with Gasteiger partial charge in [0.1, 0.15) is 0 Å². The summed E-state index contributed by atoms with van der Waals surface area (Å²) in [4.78, 5) is 13.4. The van der Waals surface area contributed by atoms with Crippen LogP contribution in [0.4, 0.5) is 5.69 Å². The number of ether oxygens (including phenoxy) is 1. The van der Waals surface area contributed by atoms with Gasteiger partial charge in [0.2, 0.25) is 5.91 Å². The first-order valence-corrected chi connectivity index (χ1v) is 5.65. The molecule has 0 fully saturated rings. The molecule has 0 atom stereocenters. The number of carbonyl (C=O) groups excluding carboxylic acids is 1. The van der Waals surface area contributed by atoms with Crippen molar-refractivity contribution in [2.45, 2.75) is 0 Å². The fourth-order valence-electron chi connectivity index (χ4n) is 1.42. The second-order valence-electron chi connectivity index (χ2n) is 3.78. The van der Waals surface area contributed by atoms with E-state index in [0.29, 0.717) is 24.4 Å². The van der Waals surface area contributed by atoms with Gasteiger partial charge in [0.15, 0.2) is 0 Å². The molecule has 18 heavy (non-hydrogen) atoms. The highest BCUT2D eigenvalue weighted by Crippen LogP contribution is 2.14. The zero-order valence-electron chi connectivity index (χ0n) is 10.6. The third kappa shape index (κ3) is 4.17. The lowest BCUT2D eigenvalue weighted by Gasteiger charge is -2.17. The van der Waals surface area contributed by atoms with E-state index in [1.807, 2.05) is 0 Å². The van der Waals surface area contributed by atoms with Crippen molar-refractivity contribution in [2.75, 3.05) is 38.8 Å². The fourth-order valence-corrected chi connectivity index (χ4v) is 1.42. The summed E-state index contributed by atoms with van der Waals surface area (Å²) in [5.41, 5.74) is 1.26. The average molecular weight is 247 g/mol. The lowest BCUT2D eigenvalue weighted by molar-refractivity contribution is -0.117. The summed E-state index contributed by atoms with van der Waals surface area (Å²) < 4.78 is 4.88. The lowest BCUT2D eigenvalue weighted by atomic mass is 10.2. The smallest absolute Gasteiger partial charge is 0.240 e. The Labute approximate surface area is 107 Å². The highest BCUT2D eigenvalue weighted by atomic mass is 16.5. The molecule has 96 valence electrons. The molecule has 0 bridgehead atoms. The number of rotatable bonds is 6. The summed E-state index contributed by atoms with van der Waals surface area (Å²) in [7, 11) is 3.31. The van der Waals surface area contributed by atoms with Crippen LogP contribution in [0.2, 0.25) is 0 Å². The third-order valence-electron chi connectivity index (χ3n) is 2.50. The van der Waals surface area contributed by atoms with Gasteiger partial charge in [-0.3, -0.25) is 4.79 Å². The fraction of sp³-hybridized carbons (Fsp3) is 0.385. The standard InChI is InChI=1S/C13H17N3O2/c1-16(13(17)10-15-6-7-18-2)12-5-3-4-11(8-12)9-14/h3-5,8,15H,6-7,10H2,1-2H3. The number of hydrogen-bond acceptors (Lipinski definition) is 4. The molecule has 0 unspecified atom stereocenters. The molecule has 5 heteroatoms. The largest absolute Gasteiger partial charge is 0.383 e. The van der Waals surface area contributed by atoms with E-state index in [0.717, 1.165) is 0 Å². The third-order valence-corrected chi connectivity index (χ3v) is 2.50. The summed E-state index contributed by atoms with van der Waals surface area (Å²) >= 11 is 0. The number of anilines is 1. The predicted molar refractivity (Wildman–Crippen MR) is 69.3 cm³/mol. The van der Waals surface area contributed by atoms with Crippen molar-refractivity contribution in [1.29, 1.82) is 5.26 Å². The van der Waals surface area contributed by atoms with Gasteiger partial charge < -0.3 is 15.0 Å². The summed E-state index contributed by atoms with van der Waals surface area (Å²) in [5, 5.41) is 11.8. The van der Waals surface area contributed by atoms with Crippen LogP contribution in [0.1, 0.15) is 5.56 Å². The molecular formula is C13H17N3O2. The molecular weight excluding hydrogens is 230 g/mol. The number of likely N-dealkylation sites (N-methyl/N-ethyl adjacent to an activating group) is 1. The molecule has 1 amide bonds. The number of nitrogens with zero attached hydrogens (tertiary/aromatic N) is 2. The van der Waals surface area contributed by atoms with E-state index in [9.17, 15) is 4.79 Å². The van der Waals surface area contributed by atoms with Gasteiger partial charge in [-0.2, -0.15) is 5.26 Å². The van der Waals surface area contributed by atoms with Crippen LogP contribution in [-0.2, 0) is 9.53 Å². The molecule has 0 spiro atoms. The summed E-state index contributed by atoms with van der Waals surface area (Å²) in [5.74, 6) is -0.0545. The topological polar surface area (TPSA) is 65.4 Å². The van der Waals surface area contributed by atoms with Crippen LogP contribution >= 0.6 is 0 Å². The van der Waals surface area contributed by atoms with E-state index < -0.39 is 0 Å². The minimum Gasteiger partial charge on any atom is -0.383 e. The second-order valence-corrected chi connectivity index (χ2v) is 3.78. The SMILES string of the molecule is COCCNCC(=O)N(C)c1cccc(C#N)c1. The van der Waals surface area contributed by atoms with Crippen LogP contribution in [0.5, 0.6) is 0 Å². The molecule has 0 aliphatic heterocycles. The molecule has 0 aliphatic rings. The number of methoxy groups -OCH3 is 1. The van der Waals surface area contributed by atoms with Crippen molar-refractivity contribution < 1.29 is 9.53 Å². The minimum absolute atomic E-state index is 0.0545. The zero-order valence-corrected chi connectivity index (χ0v) is 10.6. The highest BCUT2D eigenvalue weighted by molar-refractivity contribution is 5.94. The van der Waals surface area contributed by atoms with Gasteiger partial charge in [0.05, 0.1) is 24.8 Å². The molecule has 0 aliphatic carbocycles. The number of nitrogens with one attached hydrogen (secondary N) is 1. The molecule has 1 aromatic rings. The van der Waals surface area contributed by atoms with Crippen LogP contribution in [0.15, 0.2) is 24.3 Å². The molecule has 1 N–H and O–H groups in total. The monoisotopic (exact) mass is 247 g/mol. The molecule has 0 heterocycles. The van der Waals surface area contributed by atoms with E-state index in [1.54, 1.807) is 38.4 Å². The van der Waals surface area contributed by atoms with Crippen molar-refractivity contribution in [1.82, 2.24) is 5.32 Å². The van der Waals surface area contributed by atoms with Gasteiger partial charge in [0.25, 0.3) is 0 Å². The summed E-state index contributed by atoms with van der Waals surface area (Å²) in [6.45, 7) is 1.45. The maximum absolute atomic E-state index is 11.8. The van der Waals surface area contributed by atoms with E-state index in [4.69, 9.17) is 10.00 Å². The molecule has 0 saturated heterocycles. The van der Waals surface area contributed by atoms with Gasteiger partial charge in [-0.15, -0.1) is 0 Å². The van der Waals surface area contributed by atoms with Gasteiger partial charge in [-0.25, -0.2) is 0 Å². The van der Waals surface area contributed by atoms with Crippen molar-refractivity contribution in [3.8, 4) is 6.07 Å². The Bertz CT molecular complexity index is 440. The first-order chi connectivity index (χ1) is 8.69. The molecule has 1 aromatic carbocycles. The van der Waals surface area contributed by atoms with E-state index in [1.165, 1.54) is 4.90 Å². The van der Waals surface area contributed by atoms with Crippen LogP contribution < -0.4 is 10.2 Å². The number of amides is 1. The van der Waals surface area contributed by atoms with Crippen molar-refractivity contribution in [3.05, 3.63) is 29.8 Å². The van der Waals surface area contributed by atoms with Gasteiger partial charge in [-0.1, -0.05) is 6.07 Å². The zero-order chi connectivity index (χ0) is 13.4. The normalized spacial score (nSPS) is 9.83. The van der Waals surface area contributed by atoms with Crippen LogP contribution in [0, 0.1) is 11.3 Å². The molecule has 0 aromatic heterocycles. The van der Waals surface area contributed by atoms with E-state index >= 15 is 0 Å². The first-order valence-electron chi connectivity index (χ1n) is 5.65. The van der Waals surface area contributed by atoms with Crippen LogP contribution in [0.3, 0.4) is 0 Å². The Kier molecular flexibility index (Phi) is 5.85. The van der Waals surface area contributed by atoms with Crippen molar-refractivity contribution in [2.24, 2.45) is 0 Å². The average Bonchev–Trinajstić information content (AvgIpc) is 2.42. The maximum atomic E-state index is 11.8. The number of benzene rings is 1. The van der Waals surface area contributed by atoms with Crippen molar-refractivity contribution in [3.63, 3.8) is 0 Å². The van der Waals surface area contributed by atoms with Gasteiger partial charge in [0, 0.05) is 26.4 Å². The van der Waals surface area contributed by atoms with Crippen molar-refractivity contribution >= 4 is 11.6 Å². The van der Waals surface area contributed by atoms with Crippen LogP contribution in [-0.4, -0.2) is 39.8 Å². The number of hydrogen-bond donors (Lipinski definition) is 1. The Morgan fingerprint density at radius 2 is 2.33 bits per heavy atom. The minimum atomic E-state index is -0.0545. The quantitative estimate of drug-likeness (QED) is 0.754. The van der Waals surface area contributed by atoms with Crippen LogP contribution in [0.25, 0.3) is 0 Å². The molecule has 1 rings (SSSR count). The van der Waals surface area contributed by atoms with Gasteiger partial charge >= 0.3 is 0 Å². The summed E-state index contributed by atoms with van der Waals surface area (Å²) in [6, 6.07) is 9.00. The highest BCUT2D eigenvalue weighted by Gasteiger charge is 2.10. The maximum Gasteiger partial charge on any atom is 0.240 e. The Morgan fingerprint density at radius 1 is 1.56 bits per heavy atom. The predicted octanol–water partition coefficient (Wildman–Crippen LogP) is 0.757. The summed E-state index contributed by atoms with van der Waals surface area (Å²) in [6.07, 6.45) is 0. The van der Waals surface area contributed by atoms with Gasteiger partial charge in [-0.05, 0) is 18.2 Å². The van der Waals surface area contributed by atoms with E-state index in [-0.39, 0.29) is 12.5 Å². The molecule has 5 nitrogen and oxygen atoms in total. The first kappa shape index (κ1) is 14.2. The second kappa shape index (κ2) is 7.43. The molecule has 0 saturated carbocycles. The Balaban J connectivity index is 2.55. The Morgan fingerprint density at radius 3 is 3.00 bits per heavy atom. The molecule has 0 radical (unpaired) electrons. The lowest BCUT2D eigenvalue weighted by Crippen LogP contribution is -2.36. The number of carbonyl (C=O) groups is 1. The Hall–Kier alpha value is -1.90. The number of nitriles is 1. The van der Waals surface area contributed by atoms with E-state index in [2.05, 4.69) is 11.4 Å².